The number of rotatable bonds is 3. The first-order valence-corrected chi connectivity index (χ1v) is 7.33. The molecule has 19 heavy (non-hydrogen) atoms. The standard InChI is InChI=1S/C17H20BrN/c1-11-7-5-6-8-15(11)17(19-4)14-9-12(2)16(18)13(3)10-14/h5-10,17,19H,1-4H3. The van der Waals surface area contributed by atoms with Crippen molar-refractivity contribution in [3.05, 3.63) is 68.7 Å². The van der Waals surface area contributed by atoms with Crippen LogP contribution in [0.15, 0.2) is 40.9 Å². The van der Waals surface area contributed by atoms with E-state index >= 15 is 0 Å². The summed E-state index contributed by atoms with van der Waals surface area (Å²) < 4.78 is 1.20. The van der Waals surface area contributed by atoms with Gasteiger partial charge in [-0.2, -0.15) is 0 Å². The zero-order chi connectivity index (χ0) is 14.0. The Bertz CT molecular complexity index is 567. The van der Waals surface area contributed by atoms with Gasteiger partial charge in [-0.1, -0.05) is 52.3 Å². The van der Waals surface area contributed by atoms with E-state index in [4.69, 9.17) is 0 Å². The second-order valence-electron chi connectivity index (χ2n) is 5.05. The van der Waals surface area contributed by atoms with Gasteiger partial charge in [-0.05, 0) is 55.6 Å². The molecule has 0 spiro atoms. The largest absolute Gasteiger partial charge is 0.309 e. The van der Waals surface area contributed by atoms with Gasteiger partial charge < -0.3 is 5.32 Å². The third kappa shape index (κ3) is 2.90. The van der Waals surface area contributed by atoms with Crippen molar-refractivity contribution in [1.82, 2.24) is 5.32 Å². The van der Waals surface area contributed by atoms with Gasteiger partial charge >= 0.3 is 0 Å². The molecule has 0 aliphatic rings. The summed E-state index contributed by atoms with van der Waals surface area (Å²) in [5, 5.41) is 3.43. The highest BCUT2D eigenvalue weighted by Gasteiger charge is 2.15. The molecule has 0 aromatic heterocycles. The molecule has 1 unspecified atom stereocenters. The van der Waals surface area contributed by atoms with Crippen molar-refractivity contribution in [2.45, 2.75) is 26.8 Å². The molecule has 2 rings (SSSR count). The molecular weight excluding hydrogens is 298 g/mol. The lowest BCUT2D eigenvalue weighted by atomic mass is 9.93. The summed E-state index contributed by atoms with van der Waals surface area (Å²) in [6.45, 7) is 6.45. The highest BCUT2D eigenvalue weighted by molar-refractivity contribution is 9.10. The van der Waals surface area contributed by atoms with E-state index in [0.717, 1.165) is 0 Å². The second-order valence-corrected chi connectivity index (χ2v) is 5.84. The molecular formula is C17H20BrN. The molecule has 2 heteroatoms. The molecule has 2 aromatic carbocycles. The van der Waals surface area contributed by atoms with Gasteiger partial charge in [-0.3, -0.25) is 0 Å². The minimum absolute atomic E-state index is 0.242. The molecule has 0 heterocycles. The van der Waals surface area contributed by atoms with Crippen molar-refractivity contribution in [2.75, 3.05) is 7.05 Å². The average Bonchev–Trinajstić information content (AvgIpc) is 2.39. The number of nitrogens with one attached hydrogen (secondary N) is 1. The predicted octanol–water partition coefficient (Wildman–Crippen LogP) is 4.68. The number of hydrogen-bond acceptors (Lipinski definition) is 1. The maximum Gasteiger partial charge on any atom is 0.0577 e. The topological polar surface area (TPSA) is 12.0 Å². The van der Waals surface area contributed by atoms with E-state index in [1.165, 1.54) is 32.3 Å². The third-order valence-electron chi connectivity index (χ3n) is 3.58. The summed E-state index contributed by atoms with van der Waals surface area (Å²) >= 11 is 3.63. The maximum atomic E-state index is 3.63. The van der Waals surface area contributed by atoms with Crippen molar-refractivity contribution in [2.24, 2.45) is 0 Å². The third-order valence-corrected chi connectivity index (χ3v) is 4.83. The number of benzene rings is 2. The quantitative estimate of drug-likeness (QED) is 0.866. The zero-order valence-corrected chi connectivity index (χ0v) is 13.5. The fourth-order valence-electron chi connectivity index (χ4n) is 2.56. The van der Waals surface area contributed by atoms with E-state index in [2.05, 4.69) is 78.4 Å². The van der Waals surface area contributed by atoms with E-state index in [1.807, 2.05) is 7.05 Å². The Balaban J connectivity index is 2.52. The Morgan fingerprint density at radius 2 is 1.53 bits per heavy atom. The molecule has 0 amide bonds. The van der Waals surface area contributed by atoms with E-state index in [0.29, 0.717) is 0 Å². The predicted molar refractivity (Wildman–Crippen MR) is 85.7 cm³/mol. The Hall–Kier alpha value is -1.12. The van der Waals surface area contributed by atoms with Gasteiger partial charge in [0.1, 0.15) is 0 Å². The van der Waals surface area contributed by atoms with E-state index in [1.54, 1.807) is 0 Å². The first kappa shape index (κ1) is 14.3. The van der Waals surface area contributed by atoms with Crippen molar-refractivity contribution < 1.29 is 0 Å². The number of halogens is 1. The highest BCUT2D eigenvalue weighted by atomic mass is 79.9. The van der Waals surface area contributed by atoms with Gasteiger partial charge in [-0.15, -0.1) is 0 Å². The molecule has 1 atom stereocenters. The summed E-state index contributed by atoms with van der Waals surface area (Å²) in [6.07, 6.45) is 0. The molecule has 0 aliphatic carbocycles. The van der Waals surface area contributed by atoms with E-state index in [-0.39, 0.29) is 6.04 Å². The van der Waals surface area contributed by atoms with Gasteiger partial charge in [-0.25, -0.2) is 0 Å². The molecule has 0 bridgehead atoms. The first-order chi connectivity index (χ1) is 9.04. The highest BCUT2D eigenvalue weighted by Crippen LogP contribution is 2.29. The van der Waals surface area contributed by atoms with Gasteiger partial charge in [0.25, 0.3) is 0 Å². The van der Waals surface area contributed by atoms with Crippen LogP contribution in [0.4, 0.5) is 0 Å². The Labute approximate surface area is 124 Å². The van der Waals surface area contributed by atoms with Crippen LogP contribution < -0.4 is 5.32 Å². The summed E-state index contributed by atoms with van der Waals surface area (Å²) in [5.41, 5.74) is 6.54. The van der Waals surface area contributed by atoms with Crippen LogP contribution in [-0.2, 0) is 0 Å². The molecule has 0 saturated carbocycles. The van der Waals surface area contributed by atoms with Crippen molar-refractivity contribution >= 4 is 15.9 Å². The lowest BCUT2D eigenvalue weighted by molar-refractivity contribution is 0.686. The van der Waals surface area contributed by atoms with Crippen LogP contribution in [0.2, 0.25) is 0 Å². The SMILES string of the molecule is CNC(c1cc(C)c(Br)c(C)c1)c1ccccc1C. The van der Waals surface area contributed by atoms with Crippen molar-refractivity contribution in [3.8, 4) is 0 Å². The summed E-state index contributed by atoms with van der Waals surface area (Å²) in [6, 6.07) is 13.3. The van der Waals surface area contributed by atoms with Gasteiger partial charge in [0.05, 0.1) is 6.04 Å². The Kier molecular flexibility index (Phi) is 4.43. The molecule has 0 fully saturated rings. The molecule has 1 N–H and O–H groups in total. The lowest BCUT2D eigenvalue weighted by Gasteiger charge is -2.21. The molecule has 0 saturated heterocycles. The summed E-state index contributed by atoms with van der Waals surface area (Å²) in [7, 11) is 2.02. The minimum Gasteiger partial charge on any atom is -0.309 e. The molecule has 0 aliphatic heterocycles. The van der Waals surface area contributed by atoms with Gasteiger partial charge in [0.15, 0.2) is 0 Å². The first-order valence-electron chi connectivity index (χ1n) is 6.54. The molecule has 0 radical (unpaired) electrons. The molecule has 100 valence electrons. The normalized spacial score (nSPS) is 12.5. The zero-order valence-electron chi connectivity index (χ0n) is 11.9. The van der Waals surface area contributed by atoms with Crippen molar-refractivity contribution in [3.63, 3.8) is 0 Å². The number of hydrogen-bond donors (Lipinski definition) is 1. The molecule has 2 aromatic rings. The van der Waals surface area contributed by atoms with Crippen LogP contribution in [0.3, 0.4) is 0 Å². The lowest BCUT2D eigenvalue weighted by Crippen LogP contribution is -2.19. The average molecular weight is 318 g/mol. The van der Waals surface area contributed by atoms with Crippen LogP contribution in [-0.4, -0.2) is 7.05 Å². The van der Waals surface area contributed by atoms with Gasteiger partial charge in [0, 0.05) is 4.47 Å². The van der Waals surface area contributed by atoms with Crippen LogP contribution >= 0.6 is 15.9 Å². The van der Waals surface area contributed by atoms with Crippen LogP contribution in [0.25, 0.3) is 0 Å². The summed E-state index contributed by atoms with van der Waals surface area (Å²) in [5.74, 6) is 0. The molecule has 1 nitrogen and oxygen atoms in total. The maximum absolute atomic E-state index is 3.63. The van der Waals surface area contributed by atoms with Crippen LogP contribution in [0, 0.1) is 20.8 Å². The fraction of sp³-hybridized carbons (Fsp3) is 0.294. The second kappa shape index (κ2) is 5.89. The number of aryl methyl sites for hydroxylation is 3. The van der Waals surface area contributed by atoms with Crippen LogP contribution in [0.5, 0.6) is 0 Å². The summed E-state index contributed by atoms with van der Waals surface area (Å²) in [4.78, 5) is 0. The monoisotopic (exact) mass is 317 g/mol. The van der Waals surface area contributed by atoms with Crippen LogP contribution in [0.1, 0.15) is 33.9 Å². The Morgan fingerprint density at radius 1 is 0.947 bits per heavy atom. The Morgan fingerprint density at radius 3 is 2.05 bits per heavy atom. The smallest absolute Gasteiger partial charge is 0.0577 e. The minimum atomic E-state index is 0.242. The van der Waals surface area contributed by atoms with E-state index in [9.17, 15) is 0 Å². The van der Waals surface area contributed by atoms with Gasteiger partial charge in [0.2, 0.25) is 0 Å². The van der Waals surface area contributed by atoms with E-state index < -0.39 is 0 Å². The fourth-order valence-corrected chi connectivity index (χ4v) is 2.79. The van der Waals surface area contributed by atoms with Crippen molar-refractivity contribution in [1.29, 1.82) is 0 Å².